The predicted molar refractivity (Wildman–Crippen MR) is 119 cm³/mol. The van der Waals surface area contributed by atoms with Crippen molar-refractivity contribution in [3.05, 3.63) is 69.1 Å². The maximum atomic E-state index is 12.8. The van der Waals surface area contributed by atoms with Gasteiger partial charge in [-0.2, -0.15) is 13.2 Å². The van der Waals surface area contributed by atoms with Crippen LogP contribution in [0.4, 0.5) is 13.2 Å². The van der Waals surface area contributed by atoms with Crippen LogP contribution in [0.2, 0.25) is 0 Å². The molecule has 1 aliphatic rings. The molecule has 10 heteroatoms. The summed E-state index contributed by atoms with van der Waals surface area (Å²) in [5.74, 6) is 2.10. The van der Waals surface area contributed by atoms with E-state index >= 15 is 0 Å². The van der Waals surface area contributed by atoms with Gasteiger partial charge < -0.3 is 19.2 Å². The molecule has 1 aromatic heterocycles. The Morgan fingerprint density at radius 1 is 1.03 bits per heavy atom. The Hall–Kier alpha value is -3.53. The number of H-pyrrole nitrogens is 1. The number of fused-ring (bicyclic) bond motifs is 1. The van der Waals surface area contributed by atoms with Crippen LogP contribution in [0.15, 0.2) is 41.2 Å². The van der Waals surface area contributed by atoms with E-state index in [0.29, 0.717) is 60.1 Å². The van der Waals surface area contributed by atoms with Gasteiger partial charge in [-0.25, -0.2) is 4.98 Å². The molecule has 0 unspecified atom stereocenters. The van der Waals surface area contributed by atoms with Gasteiger partial charge in [-0.3, -0.25) is 9.69 Å². The zero-order valence-corrected chi connectivity index (χ0v) is 19.0. The van der Waals surface area contributed by atoms with E-state index in [2.05, 4.69) is 14.9 Å². The average Bonchev–Trinajstić information content (AvgIpc) is 2.83. The topological polar surface area (TPSA) is 76.7 Å². The van der Waals surface area contributed by atoms with Crippen molar-refractivity contribution in [3.8, 4) is 28.6 Å². The fourth-order valence-electron chi connectivity index (χ4n) is 4.03. The normalized spacial score (nSPS) is 13.9. The van der Waals surface area contributed by atoms with Gasteiger partial charge >= 0.3 is 6.18 Å². The monoisotopic (exact) mass is 475 g/mol. The summed E-state index contributed by atoms with van der Waals surface area (Å²) in [6.07, 6.45) is -3.90. The fraction of sp³-hybridized carbons (Fsp3) is 0.333. The first-order valence-corrected chi connectivity index (χ1v) is 10.5. The largest absolute Gasteiger partial charge is 0.496 e. The highest BCUT2D eigenvalue weighted by Crippen LogP contribution is 2.36. The molecule has 0 aliphatic carbocycles. The number of hydrogen-bond acceptors (Lipinski definition) is 6. The van der Waals surface area contributed by atoms with Gasteiger partial charge in [-0.1, -0.05) is 12.1 Å². The third-order valence-corrected chi connectivity index (χ3v) is 5.83. The van der Waals surface area contributed by atoms with Crippen LogP contribution in [-0.2, 0) is 25.7 Å². The molecule has 1 N–H and O–H groups in total. The van der Waals surface area contributed by atoms with Gasteiger partial charge in [0.2, 0.25) is 0 Å². The SMILES string of the molecule is COc1cc(OC)c(CN2CCc3nc(-c4ccc(C(F)(F)F)cc4)[nH]c(=O)c3C2)c(OC)c1. The molecule has 34 heavy (non-hydrogen) atoms. The summed E-state index contributed by atoms with van der Waals surface area (Å²) < 4.78 is 54.8. The lowest BCUT2D eigenvalue weighted by molar-refractivity contribution is -0.137. The Bertz CT molecular complexity index is 1210. The first-order chi connectivity index (χ1) is 16.2. The standard InChI is InChI=1S/C24H24F3N3O4/c1-32-16-10-20(33-2)18(21(11-16)34-3)13-30-9-8-19-17(12-30)23(31)29-22(28-19)14-4-6-15(7-5-14)24(25,26)27/h4-7,10-11H,8-9,12-13H2,1-3H3,(H,28,29,31). The molecule has 3 aromatic rings. The summed E-state index contributed by atoms with van der Waals surface area (Å²) in [5, 5.41) is 0. The molecular weight excluding hydrogens is 451 g/mol. The van der Waals surface area contributed by atoms with Gasteiger partial charge in [-0.05, 0) is 12.1 Å². The summed E-state index contributed by atoms with van der Waals surface area (Å²) in [6.45, 7) is 1.48. The number of nitrogens with zero attached hydrogens (tertiary/aromatic N) is 2. The molecule has 180 valence electrons. The maximum Gasteiger partial charge on any atom is 0.416 e. The molecule has 0 spiro atoms. The first-order valence-electron chi connectivity index (χ1n) is 10.5. The van der Waals surface area contributed by atoms with Crippen LogP contribution in [-0.4, -0.2) is 42.7 Å². The Morgan fingerprint density at radius 2 is 1.68 bits per heavy atom. The zero-order chi connectivity index (χ0) is 24.5. The van der Waals surface area contributed by atoms with Crippen LogP contribution < -0.4 is 19.8 Å². The van der Waals surface area contributed by atoms with E-state index in [-0.39, 0.29) is 11.4 Å². The number of methoxy groups -OCH3 is 3. The second kappa shape index (κ2) is 9.38. The Morgan fingerprint density at radius 3 is 2.24 bits per heavy atom. The minimum absolute atomic E-state index is 0.254. The highest BCUT2D eigenvalue weighted by Gasteiger charge is 2.30. The number of aromatic nitrogens is 2. The molecule has 2 aromatic carbocycles. The number of halogens is 3. The number of aromatic amines is 1. The summed E-state index contributed by atoms with van der Waals surface area (Å²) >= 11 is 0. The van der Waals surface area contributed by atoms with Crippen molar-refractivity contribution in [2.75, 3.05) is 27.9 Å². The number of benzene rings is 2. The summed E-state index contributed by atoms with van der Waals surface area (Å²) in [6, 6.07) is 8.13. The summed E-state index contributed by atoms with van der Waals surface area (Å²) in [7, 11) is 4.70. The second-order valence-corrected chi connectivity index (χ2v) is 7.89. The van der Waals surface area contributed by atoms with Crippen LogP contribution in [0.3, 0.4) is 0 Å². The maximum absolute atomic E-state index is 12.8. The molecule has 0 saturated heterocycles. The van der Waals surface area contributed by atoms with Gasteiger partial charge in [0.1, 0.15) is 23.1 Å². The third kappa shape index (κ3) is 4.72. The lowest BCUT2D eigenvalue weighted by Gasteiger charge is -2.29. The van der Waals surface area contributed by atoms with Gasteiger partial charge in [0, 0.05) is 43.8 Å². The number of ether oxygens (including phenoxy) is 3. The highest BCUT2D eigenvalue weighted by atomic mass is 19.4. The average molecular weight is 475 g/mol. The minimum Gasteiger partial charge on any atom is -0.496 e. The van der Waals surface area contributed by atoms with Crippen molar-refractivity contribution in [2.24, 2.45) is 0 Å². The molecule has 0 amide bonds. The van der Waals surface area contributed by atoms with Crippen LogP contribution >= 0.6 is 0 Å². The van der Waals surface area contributed by atoms with E-state index < -0.39 is 11.7 Å². The molecule has 0 atom stereocenters. The molecule has 2 heterocycles. The summed E-state index contributed by atoms with van der Waals surface area (Å²) in [5.41, 5.74) is 1.37. The van der Waals surface area contributed by atoms with Gasteiger partial charge in [-0.15, -0.1) is 0 Å². The number of nitrogens with one attached hydrogen (secondary N) is 1. The Kier molecular flexibility index (Phi) is 6.52. The molecular formula is C24H24F3N3O4. The lowest BCUT2D eigenvalue weighted by Crippen LogP contribution is -2.35. The highest BCUT2D eigenvalue weighted by molar-refractivity contribution is 5.56. The quantitative estimate of drug-likeness (QED) is 0.580. The number of hydrogen-bond donors (Lipinski definition) is 1. The van der Waals surface area contributed by atoms with Crippen molar-refractivity contribution in [1.29, 1.82) is 0 Å². The first kappa shape index (κ1) is 23.6. The van der Waals surface area contributed by atoms with Gasteiger partial charge in [0.05, 0.1) is 43.7 Å². The smallest absolute Gasteiger partial charge is 0.416 e. The van der Waals surface area contributed by atoms with Crippen molar-refractivity contribution in [3.63, 3.8) is 0 Å². The van der Waals surface area contributed by atoms with E-state index in [9.17, 15) is 18.0 Å². The molecule has 0 fully saturated rings. The van der Waals surface area contributed by atoms with Crippen molar-refractivity contribution < 1.29 is 27.4 Å². The predicted octanol–water partition coefficient (Wildman–Crippen LogP) is 4.04. The Labute approximate surface area is 194 Å². The molecule has 7 nitrogen and oxygen atoms in total. The van der Waals surface area contributed by atoms with E-state index in [1.54, 1.807) is 33.5 Å². The fourth-order valence-corrected chi connectivity index (χ4v) is 4.03. The van der Waals surface area contributed by atoms with Crippen LogP contribution in [0.1, 0.15) is 22.4 Å². The van der Waals surface area contributed by atoms with Crippen molar-refractivity contribution in [2.45, 2.75) is 25.7 Å². The van der Waals surface area contributed by atoms with Crippen LogP contribution in [0, 0.1) is 0 Å². The van der Waals surface area contributed by atoms with Crippen LogP contribution in [0.25, 0.3) is 11.4 Å². The lowest BCUT2D eigenvalue weighted by atomic mass is 10.0. The number of rotatable bonds is 6. The number of alkyl halides is 3. The van der Waals surface area contributed by atoms with E-state index in [1.807, 2.05) is 0 Å². The third-order valence-electron chi connectivity index (χ3n) is 5.83. The zero-order valence-electron chi connectivity index (χ0n) is 19.0. The molecule has 4 rings (SSSR count). The van der Waals surface area contributed by atoms with E-state index in [4.69, 9.17) is 14.2 Å². The van der Waals surface area contributed by atoms with Gasteiger partial charge in [0.15, 0.2) is 0 Å². The van der Waals surface area contributed by atoms with Crippen molar-refractivity contribution in [1.82, 2.24) is 14.9 Å². The van der Waals surface area contributed by atoms with Crippen molar-refractivity contribution >= 4 is 0 Å². The Balaban J connectivity index is 1.58. The van der Waals surface area contributed by atoms with Crippen LogP contribution in [0.5, 0.6) is 17.2 Å². The van der Waals surface area contributed by atoms with E-state index in [1.165, 1.54) is 12.1 Å². The molecule has 1 aliphatic heterocycles. The minimum atomic E-state index is -4.42. The van der Waals surface area contributed by atoms with Gasteiger partial charge in [0.25, 0.3) is 5.56 Å². The second-order valence-electron chi connectivity index (χ2n) is 7.89. The van der Waals surface area contributed by atoms with E-state index in [0.717, 1.165) is 17.7 Å². The summed E-state index contributed by atoms with van der Waals surface area (Å²) in [4.78, 5) is 22.2. The molecule has 0 saturated carbocycles. The molecule has 0 bridgehead atoms. The molecule has 0 radical (unpaired) electrons.